The van der Waals surface area contributed by atoms with Crippen molar-refractivity contribution in [3.05, 3.63) is 0 Å². The van der Waals surface area contributed by atoms with Crippen LogP contribution in [0.25, 0.3) is 0 Å². The Kier molecular flexibility index (Phi) is 6.60. The number of carbonyl (C=O) groups is 2. The van der Waals surface area contributed by atoms with Crippen molar-refractivity contribution in [2.45, 2.75) is 45.1 Å². The first kappa shape index (κ1) is 19.1. The molecule has 0 aromatic carbocycles. The molecule has 0 aromatic heterocycles. The highest BCUT2D eigenvalue weighted by Gasteiger charge is 2.57. The van der Waals surface area contributed by atoms with Crippen LogP contribution >= 0.6 is 0 Å². The summed E-state index contributed by atoms with van der Waals surface area (Å²) in [4.78, 5) is 33.7. The fourth-order valence-electron chi connectivity index (χ4n) is 3.81. The van der Waals surface area contributed by atoms with Crippen LogP contribution in [0.4, 0.5) is 4.79 Å². The first-order chi connectivity index (χ1) is 11.5. The molecule has 0 aromatic rings. The fourth-order valence-corrected chi connectivity index (χ4v) is 3.81. The molecular formula is C17H33N5O2. The highest BCUT2D eigenvalue weighted by molar-refractivity contribution is 6.07. The van der Waals surface area contributed by atoms with Crippen LogP contribution in [0.3, 0.4) is 0 Å². The molecule has 2 fully saturated rings. The van der Waals surface area contributed by atoms with Gasteiger partial charge < -0.3 is 5.32 Å². The van der Waals surface area contributed by atoms with Crippen LogP contribution in [-0.4, -0.2) is 90.7 Å². The molecule has 2 rings (SSSR count). The highest BCUT2D eigenvalue weighted by atomic mass is 16.2. The normalized spacial score (nSPS) is 20.9. The molecule has 1 spiro atoms. The number of carbonyl (C=O) groups excluding carboxylic acids is 2. The van der Waals surface area contributed by atoms with Gasteiger partial charge in [0.2, 0.25) is 0 Å². The average Bonchev–Trinajstić information content (AvgIpc) is 2.72. The standard InChI is InChI=1S/C17H33N5O2/c1-5-11-19(3)13-21-15(23)17(7-9-18-10-8-17)22(16(21)24)14-20(4)12-6-2/h18H,5-14H2,1-4H3. The topological polar surface area (TPSA) is 59.1 Å². The average molecular weight is 339 g/mol. The van der Waals surface area contributed by atoms with Crippen molar-refractivity contribution < 1.29 is 9.59 Å². The summed E-state index contributed by atoms with van der Waals surface area (Å²) >= 11 is 0. The van der Waals surface area contributed by atoms with Gasteiger partial charge in [0.15, 0.2) is 0 Å². The Morgan fingerprint density at radius 2 is 1.54 bits per heavy atom. The maximum atomic E-state index is 13.2. The van der Waals surface area contributed by atoms with E-state index in [1.165, 1.54) is 4.90 Å². The monoisotopic (exact) mass is 339 g/mol. The summed E-state index contributed by atoms with van der Waals surface area (Å²) in [6.07, 6.45) is 3.44. The van der Waals surface area contributed by atoms with Crippen LogP contribution in [0, 0.1) is 0 Å². The van der Waals surface area contributed by atoms with E-state index in [1.54, 1.807) is 0 Å². The number of nitrogens with zero attached hydrogens (tertiary/aromatic N) is 4. The van der Waals surface area contributed by atoms with Gasteiger partial charge in [0.25, 0.3) is 5.91 Å². The smallest absolute Gasteiger partial charge is 0.317 e. The van der Waals surface area contributed by atoms with Gasteiger partial charge in [0.1, 0.15) is 5.54 Å². The number of amides is 3. The van der Waals surface area contributed by atoms with E-state index in [0.717, 1.165) is 39.0 Å². The molecule has 138 valence electrons. The third-order valence-electron chi connectivity index (χ3n) is 5.03. The quantitative estimate of drug-likeness (QED) is 0.668. The Morgan fingerprint density at radius 1 is 1.00 bits per heavy atom. The summed E-state index contributed by atoms with van der Waals surface area (Å²) in [5.74, 6) is -0.0122. The maximum Gasteiger partial charge on any atom is 0.329 e. The van der Waals surface area contributed by atoms with Crippen LogP contribution in [-0.2, 0) is 4.79 Å². The number of urea groups is 1. The summed E-state index contributed by atoms with van der Waals surface area (Å²) < 4.78 is 0. The van der Waals surface area contributed by atoms with E-state index in [0.29, 0.717) is 26.2 Å². The van der Waals surface area contributed by atoms with Crippen molar-refractivity contribution in [2.24, 2.45) is 0 Å². The van der Waals surface area contributed by atoms with Crippen molar-refractivity contribution in [1.29, 1.82) is 0 Å². The number of hydrogen-bond acceptors (Lipinski definition) is 5. The predicted molar refractivity (Wildman–Crippen MR) is 94.5 cm³/mol. The zero-order valence-electron chi connectivity index (χ0n) is 15.7. The molecule has 0 radical (unpaired) electrons. The maximum absolute atomic E-state index is 13.2. The van der Waals surface area contributed by atoms with Crippen molar-refractivity contribution in [3.8, 4) is 0 Å². The zero-order valence-corrected chi connectivity index (χ0v) is 15.7. The van der Waals surface area contributed by atoms with Gasteiger partial charge in [-0.25, -0.2) is 9.69 Å². The molecule has 24 heavy (non-hydrogen) atoms. The minimum Gasteiger partial charge on any atom is -0.317 e. The Bertz CT molecular complexity index is 450. The second-order valence-corrected chi connectivity index (χ2v) is 7.17. The molecule has 0 bridgehead atoms. The minimum atomic E-state index is -0.655. The molecule has 0 saturated carbocycles. The molecule has 7 heteroatoms. The molecule has 0 unspecified atom stereocenters. The van der Waals surface area contributed by atoms with E-state index >= 15 is 0 Å². The van der Waals surface area contributed by atoms with Gasteiger partial charge in [-0.2, -0.15) is 0 Å². The first-order valence-electron chi connectivity index (χ1n) is 9.17. The van der Waals surface area contributed by atoms with Gasteiger partial charge in [0, 0.05) is 0 Å². The van der Waals surface area contributed by atoms with Crippen LogP contribution in [0.5, 0.6) is 0 Å². The molecule has 2 aliphatic heterocycles. The number of piperidine rings is 1. The van der Waals surface area contributed by atoms with E-state index in [-0.39, 0.29) is 11.9 Å². The van der Waals surface area contributed by atoms with Crippen molar-refractivity contribution >= 4 is 11.9 Å². The Morgan fingerprint density at radius 3 is 2.08 bits per heavy atom. The summed E-state index contributed by atoms with van der Waals surface area (Å²) in [6.45, 7) is 8.49. The van der Waals surface area contributed by atoms with E-state index < -0.39 is 5.54 Å². The lowest BCUT2D eigenvalue weighted by atomic mass is 9.87. The van der Waals surface area contributed by atoms with Gasteiger partial charge >= 0.3 is 6.03 Å². The van der Waals surface area contributed by atoms with E-state index in [9.17, 15) is 9.59 Å². The Labute approximate surface area is 145 Å². The second kappa shape index (κ2) is 8.27. The minimum absolute atomic E-state index is 0.0122. The van der Waals surface area contributed by atoms with Crippen LogP contribution in [0.2, 0.25) is 0 Å². The molecule has 0 atom stereocenters. The second-order valence-electron chi connectivity index (χ2n) is 7.17. The third-order valence-corrected chi connectivity index (χ3v) is 5.03. The molecule has 1 N–H and O–H groups in total. The molecule has 2 aliphatic rings. The molecule has 3 amide bonds. The van der Waals surface area contributed by atoms with Crippen LogP contribution < -0.4 is 5.32 Å². The first-order valence-corrected chi connectivity index (χ1v) is 9.17. The van der Waals surface area contributed by atoms with E-state index in [2.05, 4.69) is 24.1 Å². The summed E-state index contributed by atoms with van der Waals surface area (Å²) in [7, 11) is 3.98. The summed E-state index contributed by atoms with van der Waals surface area (Å²) in [5.41, 5.74) is -0.655. The lowest BCUT2D eigenvalue weighted by Gasteiger charge is -2.40. The van der Waals surface area contributed by atoms with Gasteiger partial charge in [0.05, 0.1) is 13.3 Å². The zero-order chi connectivity index (χ0) is 17.7. The van der Waals surface area contributed by atoms with Crippen LogP contribution in [0.1, 0.15) is 39.5 Å². The molecule has 2 saturated heterocycles. The number of rotatable bonds is 8. The van der Waals surface area contributed by atoms with Gasteiger partial charge in [-0.15, -0.1) is 0 Å². The van der Waals surface area contributed by atoms with Crippen molar-refractivity contribution in [1.82, 2.24) is 24.9 Å². The van der Waals surface area contributed by atoms with Gasteiger partial charge in [-0.1, -0.05) is 13.8 Å². The van der Waals surface area contributed by atoms with Crippen molar-refractivity contribution in [2.75, 3.05) is 53.6 Å². The van der Waals surface area contributed by atoms with Crippen molar-refractivity contribution in [3.63, 3.8) is 0 Å². The largest absolute Gasteiger partial charge is 0.329 e. The SMILES string of the molecule is CCCN(C)CN1C(=O)N(CN(C)CCC)C2(CCNCC2)C1=O. The number of imide groups is 1. The molecule has 2 heterocycles. The van der Waals surface area contributed by atoms with E-state index in [4.69, 9.17) is 0 Å². The molecule has 0 aliphatic carbocycles. The summed E-state index contributed by atoms with van der Waals surface area (Å²) in [5, 5.41) is 3.31. The molecular weight excluding hydrogens is 306 g/mol. The predicted octanol–water partition coefficient (Wildman–Crippen LogP) is 0.971. The van der Waals surface area contributed by atoms with E-state index in [1.807, 2.05) is 23.9 Å². The van der Waals surface area contributed by atoms with Crippen LogP contribution in [0.15, 0.2) is 0 Å². The third kappa shape index (κ3) is 3.73. The summed E-state index contributed by atoms with van der Waals surface area (Å²) in [6, 6.07) is -0.132. The lowest BCUT2D eigenvalue weighted by molar-refractivity contribution is -0.136. The number of nitrogens with one attached hydrogen (secondary N) is 1. The number of hydrogen-bond donors (Lipinski definition) is 1. The van der Waals surface area contributed by atoms with Gasteiger partial charge in [-0.05, 0) is 66.0 Å². The Hall–Kier alpha value is -1.18. The highest BCUT2D eigenvalue weighted by Crippen LogP contribution is 2.35. The fraction of sp³-hybridized carbons (Fsp3) is 0.882. The van der Waals surface area contributed by atoms with Gasteiger partial charge in [-0.3, -0.25) is 19.5 Å². The Balaban J connectivity index is 2.21. The lowest BCUT2D eigenvalue weighted by Crippen LogP contribution is -2.57. The molecule has 7 nitrogen and oxygen atoms in total.